The van der Waals surface area contributed by atoms with E-state index in [4.69, 9.17) is 4.42 Å². The molecule has 0 fully saturated rings. The molecule has 0 spiro atoms. The molecule has 6 nitrogen and oxygen atoms in total. The lowest BCUT2D eigenvalue weighted by Crippen LogP contribution is -2.66. The molecule has 1 amide bonds. The van der Waals surface area contributed by atoms with Crippen LogP contribution in [0.3, 0.4) is 0 Å². The largest absolute Gasteiger partial charge is 0.459 e. The molecular weight excluding hydrogens is 344 g/mol. The minimum absolute atomic E-state index is 0.0996. The molecule has 0 saturated carbocycles. The Morgan fingerprint density at radius 3 is 2.22 bits per heavy atom. The summed E-state index contributed by atoms with van der Waals surface area (Å²) in [5.74, 6) is -0.439. The topological polar surface area (TPSA) is 91.6 Å². The summed E-state index contributed by atoms with van der Waals surface area (Å²) in [7, 11) is 0. The van der Waals surface area contributed by atoms with Crippen molar-refractivity contribution in [1.29, 1.82) is 0 Å². The predicted molar refractivity (Wildman–Crippen MR) is 106 cm³/mol. The molecule has 0 bridgehead atoms. The van der Waals surface area contributed by atoms with E-state index in [0.29, 0.717) is 12.8 Å². The first-order valence-electron chi connectivity index (χ1n) is 10.3. The van der Waals surface area contributed by atoms with Crippen molar-refractivity contribution in [2.45, 2.75) is 89.8 Å². The van der Waals surface area contributed by atoms with Gasteiger partial charge in [-0.1, -0.05) is 64.7 Å². The van der Waals surface area contributed by atoms with E-state index in [0.717, 1.165) is 19.3 Å². The molecule has 0 aliphatic carbocycles. The second-order valence-corrected chi connectivity index (χ2v) is 7.20. The molecular formula is C21H36N2O4. The lowest BCUT2D eigenvalue weighted by molar-refractivity contribution is -0.118. The van der Waals surface area contributed by atoms with Crippen molar-refractivity contribution in [2.75, 3.05) is 6.54 Å². The van der Waals surface area contributed by atoms with Gasteiger partial charge >= 0.3 is 0 Å². The van der Waals surface area contributed by atoms with Gasteiger partial charge in [0.15, 0.2) is 17.7 Å². The van der Waals surface area contributed by atoms with Crippen molar-refractivity contribution in [3.05, 3.63) is 24.2 Å². The molecule has 1 heterocycles. The van der Waals surface area contributed by atoms with Crippen LogP contribution < -0.4 is 10.6 Å². The zero-order valence-electron chi connectivity index (χ0n) is 16.8. The van der Waals surface area contributed by atoms with Crippen molar-refractivity contribution < 1.29 is 19.1 Å². The molecule has 0 aliphatic heterocycles. The number of rotatable bonds is 16. The number of aliphatic hydroxyl groups excluding tert-OH is 1. The third kappa shape index (κ3) is 8.71. The average molecular weight is 381 g/mol. The number of nitrogens with one attached hydrogen (secondary N) is 2. The van der Waals surface area contributed by atoms with Crippen LogP contribution in [0.4, 0.5) is 0 Å². The summed E-state index contributed by atoms with van der Waals surface area (Å²) in [6.07, 6.45) is 13.1. The Balaban J connectivity index is 2.26. The first kappa shape index (κ1) is 23.4. The van der Waals surface area contributed by atoms with Gasteiger partial charge in [-0.2, -0.15) is 0 Å². The lowest BCUT2D eigenvalue weighted by Gasteiger charge is -2.32. The maximum atomic E-state index is 12.2. The molecule has 1 rings (SSSR count). The molecule has 3 N–H and O–H groups in total. The summed E-state index contributed by atoms with van der Waals surface area (Å²) in [6, 6.07) is 3.10. The van der Waals surface area contributed by atoms with Gasteiger partial charge in [0.05, 0.1) is 12.4 Å². The quantitative estimate of drug-likeness (QED) is 0.230. The average Bonchev–Trinajstić information content (AvgIpc) is 3.19. The summed E-state index contributed by atoms with van der Waals surface area (Å²) in [6.45, 7) is 4.24. The summed E-state index contributed by atoms with van der Waals surface area (Å²) in [4.78, 5) is 23.8. The number of hydrogen-bond donors (Lipinski definition) is 3. The normalized spacial score (nSPS) is 14.5. The molecule has 1 aromatic rings. The Morgan fingerprint density at radius 1 is 1.15 bits per heavy atom. The molecule has 154 valence electrons. The van der Waals surface area contributed by atoms with Crippen LogP contribution in [-0.4, -0.2) is 35.6 Å². The number of amides is 1. The van der Waals surface area contributed by atoms with Crippen LogP contribution in [0, 0.1) is 0 Å². The summed E-state index contributed by atoms with van der Waals surface area (Å²) in [5.41, 5.74) is -1.51. The Kier molecular flexibility index (Phi) is 11.7. The molecule has 2 atom stereocenters. The van der Waals surface area contributed by atoms with Crippen molar-refractivity contribution in [3.63, 3.8) is 0 Å². The fraction of sp³-hybridized carbons (Fsp3) is 0.714. The fourth-order valence-electron chi connectivity index (χ4n) is 3.03. The van der Waals surface area contributed by atoms with Gasteiger partial charge in [-0.15, -0.1) is 0 Å². The van der Waals surface area contributed by atoms with E-state index in [2.05, 4.69) is 17.6 Å². The van der Waals surface area contributed by atoms with Crippen LogP contribution >= 0.6 is 0 Å². The molecule has 6 heteroatoms. The first-order chi connectivity index (χ1) is 13.1. The second kappa shape index (κ2) is 13.5. The minimum Gasteiger partial charge on any atom is -0.459 e. The standard InChI is InChI=1S/C21H36N2O4/c1-3-4-5-6-7-8-9-10-11-12-15-22-21(17-24,18(2)25)23-20(26)19-14-13-16-27-19/h13-14,16-18,22,25H,3-12,15H2,1-2H3,(H,23,26)/t18-,21-/m1/s1. The van der Waals surface area contributed by atoms with E-state index in [9.17, 15) is 14.7 Å². The summed E-state index contributed by atoms with van der Waals surface area (Å²) < 4.78 is 5.04. The Hall–Kier alpha value is -1.66. The molecule has 1 aromatic heterocycles. The molecule has 27 heavy (non-hydrogen) atoms. The van der Waals surface area contributed by atoms with Crippen molar-refractivity contribution >= 4 is 12.2 Å². The van der Waals surface area contributed by atoms with E-state index in [-0.39, 0.29) is 5.76 Å². The zero-order valence-corrected chi connectivity index (χ0v) is 16.8. The van der Waals surface area contributed by atoms with E-state index < -0.39 is 17.7 Å². The van der Waals surface area contributed by atoms with Gasteiger partial charge in [0.25, 0.3) is 5.91 Å². The smallest absolute Gasteiger partial charge is 0.288 e. The van der Waals surface area contributed by atoms with Gasteiger partial charge in [-0.25, -0.2) is 0 Å². The highest BCUT2D eigenvalue weighted by atomic mass is 16.3. The van der Waals surface area contributed by atoms with E-state index in [1.54, 1.807) is 6.07 Å². The van der Waals surface area contributed by atoms with Crippen LogP contribution in [-0.2, 0) is 4.79 Å². The molecule has 0 radical (unpaired) electrons. The van der Waals surface area contributed by atoms with Crippen LogP contribution in [0.15, 0.2) is 22.8 Å². The van der Waals surface area contributed by atoms with Crippen LogP contribution in [0.5, 0.6) is 0 Å². The Labute approximate surface area is 163 Å². The van der Waals surface area contributed by atoms with Crippen molar-refractivity contribution in [3.8, 4) is 0 Å². The number of aldehydes is 1. The highest BCUT2D eigenvalue weighted by molar-refractivity contribution is 5.94. The third-order valence-corrected chi connectivity index (χ3v) is 4.86. The predicted octanol–water partition coefficient (Wildman–Crippen LogP) is 3.80. The maximum absolute atomic E-state index is 12.2. The number of aliphatic hydroxyl groups is 1. The number of carbonyl (C=O) groups is 2. The van der Waals surface area contributed by atoms with Gasteiger partial charge in [0.1, 0.15) is 0 Å². The molecule has 0 saturated heterocycles. The van der Waals surface area contributed by atoms with Crippen LogP contribution in [0.1, 0.15) is 88.6 Å². The van der Waals surface area contributed by atoms with Crippen molar-refractivity contribution in [2.24, 2.45) is 0 Å². The molecule has 0 aromatic carbocycles. The zero-order chi connectivity index (χ0) is 20.0. The SMILES string of the molecule is CCCCCCCCCCCCN[C@](C=O)(NC(=O)c1ccco1)[C@@H](C)O. The van der Waals surface area contributed by atoms with Gasteiger partial charge in [0, 0.05) is 0 Å². The van der Waals surface area contributed by atoms with Gasteiger partial charge < -0.3 is 14.8 Å². The van der Waals surface area contributed by atoms with E-state index >= 15 is 0 Å². The van der Waals surface area contributed by atoms with Gasteiger partial charge in [-0.05, 0) is 32.0 Å². The molecule has 0 unspecified atom stereocenters. The van der Waals surface area contributed by atoms with Crippen LogP contribution in [0.2, 0.25) is 0 Å². The highest BCUT2D eigenvalue weighted by Crippen LogP contribution is 2.11. The number of unbranched alkanes of at least 4 members (excludes halogenated alkanes) is 9. The van der Waals surface area contributed by atoms with Gasteiger partial charge in [0.2, 0.25) is 0 Å². The minimum atomic E-state index is -1.51. The highest BCUT2D eigenvalue weighted by Gasteiger charge is 2.37. The second-order valence-electron chi connectivity index (χ2n) is 7.20. The fourth-order valence-corrected chi connectivity index (χ4v) is 3.03. The van der Waals surface area contributed by atoms with Crippen molar-refractivity contribution in [1.82, 2.24) is 10.6 Å². The third-order valence-electron chi connectivity index (χ3n) is 4.86. The summed E-state index contributed by atoms with van der Waals surface area (Å²) in [5, 5.41) is 15.6. The number of carbonyl (C=O) groups excluding carboxylic acids is 2. The van der Waals surface area contributed by atoms with E-state index in [1.165, 1.54) is 64.2 Å². The first-order valence-corrected chi connectivity index (χ1v) is 10.3. The monoisotopic (exact) mass is 380 g/mol. The number of furan rings is 1. The molecule has 0 aliphatic rings. The Bertz CT molecular complexity index is 516. The Morgan fingerprint density at radius 2 is 1.74 bits per heavy atom. The maximum Gasteiger partial charge on any atom is 0.288 e. The van der Waals surface area contributed by atoms with E-state index in [1.807, 2.05) is 0 Å². The summed E-state index contributed by atoms with van der Waals surface area (Å²) >= 11 is 0. The lowest BCUT2D eigenvalue weighted by atomic mass is 10.0. The van der Waals surface area contributed by atoms with Crippen LogP contribution in [0.25, 0.3) is 0 Å². The number of hydrogen-bond acceptors (Lipinski definition) is 5. The van der Waals surface area contributed by atoms with Gasteiger partial charge in [-0.3, -0.25) is 14.9 Å².